The molecular formula is C14H21N3O8. The summed E-state index contributed by atoms with van der Waals surface area (Å²) in [5, 5.41) is 29.1. The van der Waals surface area contributed by atoms with E-state index in [1.54, 1.807) is 0 Å². The molecule has 1 rings (SSSR count). The van der Waals surface area contributed by atoms with Gasteiger partial charge in [-0.1, -0.05) is 0 Å². The van der Waals surface area contributed by atoms with Gasteiger partial charge in [0.2, 0.25) is 11.8 Å². The first-order valence-corrected chi connectivity index (χ1v) is 7.62. The van der Waals surface area contributed by atoms with Crippen molar-refractivity contribution in [1.29, 1.82) is 0 Å². The molecule has 0 bridgehead atoms. The average molecular weight is 359 g/mol. The molecule has 0 unspecified atom stereocenters. The number of nitrogens with one attached hydrogen (secondary N) is 1. The molecule has 3 atom stereocenters. The maximum Gasteiger partial charge on any atom is 0.328 e. The van der Waals surface area contributed by atoms with E-state index in [0.717, 1.165) is 4.90 Å². The normalized spacial score (nSPS) is 19.4. The van der Waals surface area contributed by atoms with Gasteiger partial charge >= 0.3 is 11.9 Å². The van der Waals surface area contributed by atoms with Crippen LogP contribution in [-0.4, -0.2) is 81.5 Å². The average Bonchev–Trinajstić information content (AvgIpc) is 2.92. The summed E-state index contributed by atoms with van der Waals surface area (Å²) in [6.07, 6.45) is -0.601. The van der Waals surface area contributed by atoms with Gasteiger partial charge in [0.25, 0.3) is 0 Å². The number of carbonyl (C=O) groups is 5. The summed E-state index contributed by atoms with van der Waals surface area (Å²) < 4.78 is 0. The van der Waals surface area contributed by atoms with E-state index in [1.807, 2.05) is 0 Å². The lowest BCUT2D eigenvalue weighted by Gasteiger charge is -2.23. The van der Waals surface area contributed by atoms with Crippen LogP contribution in [0.4, 0.5) is 0 Å². The number of aliphatic hydroxyl groups is 1. The molecular weight excluding hydrogens is 338 g/mol. The third-order valence-corrected chi connectivity index (χ3v) is 3.93. The van der Waals surface area contributed by atoms with Crippen molar-refractivity contribution in [3.05, 3.63) is 0 Å². The summed E-state index contributed by atoms with van der Waals surface area (Å²) in [7, 11) is 0. The number of carbonyl (C=O) groups excluding carboxylic acids is 3. The summed E-state index contributed by atoms with van der Waals surface area (Å²) in [6.45, 7) is -1.25. The Morgan fingerprint density at radius 1 is 1.28 bits per heavy atom. The minimum atomic E-state index is -1.46. The topological polar surface area (TPSA) is 187 Å². The van der Waals surface area contributed by atoms with Crippen LogP contribution < -0.4 is 11.1 Å². The van der Waals surface area contributed by atoms with E-state index in [1.165, 1.54) is 0 Å². The SMILES string of the molecule is NCC(=O)N[C@@H](CCC(=O)O)C(=O)[C@H]1CCN([C@@H](CO)C(=O)O)C1=O. The lowest BCUT2D eigenvalue weighted by molar-refractivity contribution is -0.152. The maximum absolute atomic E-state index is 12.5. The van der Waals surface area contributed by atoms with Gasteiger partial charge in [-0.2, -0.15) is 0 Å². The van der Waals surface area contributed by atoms with Crippen molar-refractivity contribution in [2.45, 2.75) is 31.3 Å². The fourth-order valence-corrected chi connectivity index (χ4v) is 2.63. The summed E-state index contributed by atoms with van der Waals surface area (Å²) in [4.78, 5) is 59.0. The molecule has 2 amide bonds. The largest absolute Gasteiger partial charge is 0.481 e. The number of aliphatic hydroxyl groups excluding tert-OH is 1. The van der Waals surface area contributed by atoms with Gasteiger partial charge in [0.05, 0.1) is 19.2 Å². The van der Waals surface area contributed by atoms with Crippen molar-refractivity contribution in [3.8, 4) is 0 Å². The van der Waals surface area contributed by atoms with Crippen LogP contribution >= 0.6 is 0 Å². The minimum absolute atomic E-state index is 0.0174. The van der Waals surface area contributed by atoms with Gasteiger partial charge in [-0.05, 0) is 12.8 Å². The van der Waals surface area contributed by atoms with Crippen LogP contribution in [0.1, 0.15) is 19.3 Å². The Labute approximate surface area is 142 Å². The zero-order chi connectivity index (χ0) is 19.1. The third-order valence-electron chi connectivity index (χ3n) is 3.93. The van der Waals surface area contributed by atoms with Gasteiger partial charge in [0.15, 0.2) is 11.8 Å². The number of amides is 2. The molecule has 1 heterocycles. The highest BCUT2D eigenvalue weighted by Gasteiger charge is 2.44. The van der Waals surface area contributed by atoms with Gasteiger partial charge in [0, 0.05) is 13.0 Å². The van der Waals surface area contributed by atoms with E-state index >= 15 is 0 Å². The second-order valence-corrected chi connectivity index (χ2v) is 5.57. The van der Waals surface area contributed by atoms with E-state index in [-0.39, 0.29) is 19.4 Å². The Bertz CT molecular complexity index is 564. The number of ketones is 1. The zero-order valence-corrected chi connectivity index (χ0v) is 13.4. The van der Waals surface area contributed by atoms with Crippen molar-refractivity contribution in [1.82, 2.24) is 10.2 Å². The summed E-state index contributed by atoms with van der Waals surface area (Å²) in [6, 6.07) is -2.67. The predicted molar refractivity (Wildman–Crippen MR) is 81.2 cm³/mol. The van der Waals surface area contributed by atoms with Crippen molar-refractivity contribution < 1.29 is 39.3 Å². The van der Waals surface area contributed by atoms with Gasteiger partial charge in [-0.3, -0.25) is 19.2 Å². The summed E-state index contributed by atoms with van der Waals surface area (Å²) in [5.74, 6) is -5.92. The Morgan fingerprint density at radius 2 is 1.92 bits per heavy atom. The van der Waals surface area contributed by atoms with Gasteiger partial charge < -0.3 is 31.3 Å². The molecule has 1 fully saturated rings. The highest BCUT2D eigenvalue weighted by Crippen LogP contribution is 2.23. The molecule has 1 saturated heterocycles. The minimum Gasteiger partial charge on any atom is -0.481 e. The van der Waals surface area contributed by atoms with E-state index < -0.39 is 67.1 Å². The van der Waals surface area contributed by atoms with Crippen molar-refractivity contribution in [2.24, 2.45) is 11.7 Å². The number of carboxylic acid groups (broad SMARTS) is 2. The molecule has 11 nitrogen and oxygen atoms in total. The molecule has 1 aliphatic heterocycles. The number of nitrogens with two attached hydrogens (primary N) is 1. The van der Waals surface area contributed by atoms with Crippen LogP contribution in [0.15, 0.2) is 0 Å². The van der Waals surface area contributed by atoms with Crippen LogP contribution in [0.25, 0.3) is 0 Å². The monoisotopic (exact) mass is 359 g/mol. The predicted octanol–water partition coefficient (Wildman–Crippen LogP) is -2.84. The third kappa shape index (κ3) is 5.22. The van der Waals surface area contributed by atoms with Crippen LogP contribution in [0.3, 0.4) is 0 Å². The van der Waals surface area contributed by atoms with Crippen molar-refractivity contribution >= 4 is 29.5 Å². The Balaban J connectivity index is 2.89. The van der Waals surface area contributed by atoms with E-state index in [0.29, 0.717) is 0 Å². The standard InChI is InChI=1S/C14H21N3O8/c15-5-10(19)16-8(1-2-11(20)21)12(22)7-3-4-17(13(7)23)9(6-18)14(24)25/h7-9,18H,1-6,15H2,(H,16,19)(H,20,21)(H,24,25)/t7-,8+,9+/m1/s1. The second kappa shape index (κ2) is 9.08. The second-order valence-electron chi connectivity index (χ2n) is 5.57. The first-order valence-electron chi connectivity index (χ1n) is 7.62. The van der Waals surface area contributed by atoms with Gasteiger partial charge in [-0.15, -0.1) is 0 Å². The number of hydrogen-bond acceptors (Lipinski definition) is 7. The molecule has 0 aromatic rings. The number of nitrogens with zero attached hydrogens (tertiary/aromatic N) is 1. The first kappa shape index (κ1) is 20.5. The molecule has 0 aromatic heterocycles. The van der Waals surface area contributed by atoms with E-state index in [2.05, 4.69) is 5.32 Å². The quantitative estimate of drug-likeness (QED) is 0.256. The Hall–Kier alpha value is -2.53. The Kier molecular flexibility index (Phi) is 7.45. The highest BCUT2D eigenvalue weighted by molar-refractivity contribution is 6.06. The van der Waals surface area contributed by atoms with Gasteiger partial charge in [0.1, 0.15) is 5.92 Å². The lowest BCUT2D eigenvalue weighted by Crippen LogP contribution is -2.49. The van der Waals surface area contributed by atoms with Crippen LogP contribution in [0, 0.1) is 5.92 Å². The lowest BCUT2D eigenvalue weighted by atomic mass is 9.93. The molecule has 0 spiro atoms. The van der Waals surface area contributed by atoms with Crippen LogP contribution in [-0.2, 0) is 24.0 Å². The number of rotatable bonds is 10. The zero-order valence-electron chi connectivity index (χ0n) is 13.4. The maximum atomic E-state index is 12.5. The molecule has 6 N–H and O–H groups in total. The molecule has 0 saturated carbocycles. The molecule has 0 aliphatic carbocycles. The van der Waals surface area contributed by atoms with Crippen LogP contribution in [0.5, 0.6) is 0 Å². The fourth-order valence-electron chi connectivity index (χ4n) is 2.63. The molecule has 0 aromatic carbocycles. The first-order chi connectivity index (χ1) is 11.7. The number of likely N-dealkylation sites (tertiary alicyclic amines) is 1. The number of carboxylic acids is 2. The molecule has 140 valence electrons. The van der Waals surface area contributed by atoms with Gasteiger partial charge in [-0.25, -0.2) is 4.79 Å². The smallest absolute Gasteiger partial charge is 0.328 e. The number of Topliss-reactive ketones (excluding diaryl/α,β-unsaturated/α-hetero) is 1. The number of aliphatic carboxylic acids is 2. The molecule has 11 heteroatoms. The van der Waals surface area contributed by atoms with E-state index in [9.17, 15) is 24.0 Å². The summed E-state index contributed by atoms with van der Waals surface area (Å²) >= 11 is 0. The molecule has 1 aliphatic rings. The molecule has 25 heavy (non-hydrogen) atoms. The van der Waals surface area contributed by atoms with Crippen molar-refractivity contribution in [2.75, 3.05) is 19.7 Å². The molecule has 0 radical (unpaired) electrons. The Morgan fingerprint density at radius 3 is 2.40 bits per heavy atom. The van der Waals surface area contributed by atoms with Crippen LogP contribution in [0.2, 0.25) is 0 Å². The number of hydrogen-bond donors (Lipinski definition) is 5. The summed E-state index contributed by atoms with van der Waals surface area (Å²) in [5.41, 5.74) is 5.16. The van der Waals surface area contributed by atoms with E-state index in [4.69, 9.17) is 21.1 Å². The highest BCUT2D eigenvalue weighted by atomic mass is 16.4. The van der Waals surface area contributed by atoms with Crippen molar-refractivity contribution in [3.63, 3.8) is 0 Å². The fraction of sp³-hybridized carbons (Fsp3) is 0.643.